The highest BCUT2D eigenvalue weighted by molar-refractivity contribution is 5.13. The molecule has 0 saturated heterocycles. The summed E-state index contributed by atoms with van der Waals surface area (Å²) < 4.78 is 12.1. The average molecular weight is 168 g/mol. The second-order valence-corrected chi connectivity index (χ2v) is 3.53. The van der Waals surface area contributed by atoms with Crippen molar-refractivity contribution < 1.29 is 4.39 Å². The Balaban J connectivity index is 0.000000261. The Morgan fingerprint density at radius 3 is 1.58 bits per heavy atom. The van der Waals surface area contributed by atoms with E-state index in [1.54, 1.807) is 12.1 Å². The van der Waals surface area contributed by atoms with Gasteiger partial charge in [-0.3, -0.25) is 0 Å². The van der Waals surface area contributed by atoms with Gasteiger partial charge in [-0.05, 0) is 25.0 Å². The predicted octanol–water partition coefficient (Wildman–Crippen LogP) is 3.80. The van der Waals surface area contributed by atoms with Gasteiger partial charge in [0.25, 0.3) is 0 Å². The Morgan fingerprint density at radius 2 is 1.33 bits per heavy atom. The van der Waals surface area contributed by atoms with Crippen LogP contribution in [0.4, 0.5) is 4.39 Å². The second kappa shape index (κ2) is 5.76. The largest absolute Gasteiger partial charge is 0.207 e. The van der Waals surface area contributed by atoms with E-state index in [1.807, 2.05) is 6.92 Å². The minimum atomic E-state index is -0.171. The molecule has 0 fully saturated rings. The SMILES string of the molecule is CC(C)C.Cc1ccc(F)cc1. The summed E-state index contributed by atoms with van der Waals surface area (Å²) in [6.45, 7) is 8.43. The second-order valence-electron chi connectivity index (χ2n) is 3.53. The molecule has 0 nitrogen and oxygen atoms in total. The average Bonchev–Trinajstić information content (AvgIpc) is 1.94. The Labute approximate surface area is 74.4 Å². The van der Waals surface area contributed by atoms with Crippen molar-refractivity contribution in [1.29, 1.82) is 0 Å². The number of hydrogen-bond acceptors (Lipinski definition) is 0. The summed E-state index contributed by atoms with van der Waals surface area (Å²) in [4.78, 5) is 0. The first kappa shape index (κ1) is 11.2. The number of benzene rings is 1. The van der Waals surface area contributed by atoms with E-state index in [4.69, 9.17) is 0 Å². The highest BCUT2D eigenvalue weighted by atomic mass is 19.1. The van der Waals surface area contributed by atoms with Gasteiger partial charge < -0.3 is 0 Å². The lowest BCUT2D eigenvalue weighted by molar-refractivity contribution is 0.627. The maximum absolute atomic E-state index is 12.1. The van der Waals surface area contributed by atoms with Gasteiger partial charge >= 0.3 is 0 Å². The predicted molar refractivity (Wildman–Crippen MR) is 51.6 cm³/mol. The summed E-state index contributed by atoms with van der Waals surface area (Å²) in [5.41, 5.74) is 1.09. The van der Waals surface area contributed by atoms with E-state index in [0.29, 0.717) is 0 Å². The normalized spacial score (nSPS) is 9.17. The monoisotopic (exact) mass is 168 g/mol. The van der Waals surface area contributed by atoms with E-state index < -0.39 is 0 Å². The zero-order valence-electron chi connectivity index (χ0n) is 8.26. The van der Waals surface area contributed by atoms with Crippen molar-refractivity contribution in [3.05, 3.63) is 35.6 Å². The fourth-order valence-electron chi connectivity index (χ4n) is 0.533. The third-order valence-electron chi connectivity index (χ3n) is 1.01. The molecule has 12 heavy (non-hydrogen) atoms. The van der Waals surface area contributed by atoms with Gasteiger partial charge in [0.05, 0.1) is 0 Å². The maximum Gasteiger partial charge on any atom is 0.123 e. The Hall–Kier alpha value is -0.850. The number of aryl methyl sites for hydroxylation is 1. The summed E-state index contributed by atoms with van der Waals surface area (Å²) in [5.74, 6) is 0.663. The molecule has 1 aromatic rings. The highest BCUT2D eigenvalue weighted by Gasteiger charge is 1.83. The van der Waals surface area contributed by atoms with E-state index >= 15 is 0 Å². The smallest absolute Gasteiger partial charge is 0.123 e. The zero-order valence-corrected chi connectivity index (χ0v) is 8.26. The van der Waals surface area contributed by atoms with Crippen LogP contribution in [0.1, 0.15) is 26.3 Å². The van der Waals surface area contributed by atoms with Crippen LogP contribution in [-0.4, -0.2) is 0 Å². The van der Waals surface area contributed by atoms with Crippen LogP contribution in [-0.2, 0) is 0 Å². The van der Waals surface area contributed by atoms with Gasteiger partial charge in [0.2, 0.25) is 0 Å². The number of halogens is 1. The summed E-state index contributed by atoms with van der Waals surface area (Å²) in [6, 6.07) is 6.40. The van der Waals surface area contributed by atoms with E-state index in [-0.39, 0.29) is 5.82 Å². The van der Waals surface area contributed by atoms with Gasteiger partial charge in [0, 0.05) is 0 Å². The van der Waals surface area contributed by atoms with Gasteiger partial charge in [0.15, 0.2) is 0 Å². The van der Waals surface area contributed by atoms with Crippen LogP contribution in [0, 0.1) is 18.7 Å². The minimum Gasteiger partial charge on any atom is -0.207 e. The van der Waals surface area contributed by atoms with E-state index in [1.165, 1.54) is 12.1 Å². The zero-order chi connectivity index (χ0) is 9.56. The molecule has 0 saturated carbocycles. The van der Waals surface area contributed by atoms with Crippen LogP contribution in [0.2, 0.25) is 0 Å². The van der Waals surface area contributed by atoms with Crippen molar-refractivity contribution in [2.45, 2.75) is 27.7 Å². The molecular formula is C11H17F. The Bertz CT molecular complexity index is 175. The molecule has 0 bridgehead atoms. The lowest BCUT2D eigenvalue weighted by atomic mass is 10.2. The van der Waals surface area contributed by atoms with Crippen LogP contribution in [0.15, 0.2) is 24.3 Å². The summed E-state index contributed by atoms with van der Waals surface area (Å²) in [6.07, 6.45) is 0. The molecule has 0 spiro atoms. The minimum absolute atomic E-state index is 0.171. The molecule has 0 amide bonds. The fraction of sp³-hybridized carbons (Fsp3) is 0.455. The number of rotatable bonds is 0. The van der Waals surface area contributed by atoms with Gasteiger partial charge in [-0.25, -0.2) is 4.39 Å². The molecule has 0 heterocycles. The van der Waals surface area contributed by atoms with Crippen LogP contribution in [0.5, 0.6) is 0 Å². The van der Waals surface area contributed by atoms with Crippen molar-refractivity contribution in [3.63, 3.8) is 0 Å². The Morgan fingerprint density at radius 1 is 1.00 bits per heavy atom. The molecule has 0 unspecified atom stereocenters. The van der Waals surface area contributed by atoms with Crippen molar-refractivity contribution in [1.82, 2.24) is 0 Å². The molecule has 0 aliphatic rings. The molecule has 0 aliphatic carbocycles. The molecule has 1 rings (SSSR count). The standard InChI is InChI=1S/C7H7F.C4H10/c1-6-2-4-7(8)5-3-6;1-4(2)3/h2-5H,1H3;4H,1-3H3. The van der Waals surface area contributed by atoms with E-state index in [2.05, 4.69) is 20.8 Å². The third kappa shape index (κ3) is 7.26. The van der Waals surface area contributed by atoms with Gasteiger partial charge in [0.1, 0.15) is 5.82 Å². The third-order valence-corrected chi connectivity index (χ3v) is 1.01. The highest BCUT2D eigenvalue weighted by Crippen LogP contribution is 1.98. The maximum atomic E-state index is 12.1. The molecule has 0 aromatic heterocycles. The van der Waals surface area contributed by atoms with Crippen LogP contribution < -0.4 is 0 Å². The van der Waals surface area contributed by atoms with Gasteiger partial charge in [-0.15, -0.1) is 0 Å². The van der Waals surface area contributed by atoms with Crippen molar-refractivity contribution in [2.75, 3.05) is 0 Å². The quantitative estimate of drug-likeness (QED) is 0.552. The molecule has 0 atom stereocenters. The lowest BCUT2D eigenvalue weighted by Crippen LogP contribution is -1.71. The van der Waals surface area contributed by atoms with Gasteiger partial charge in [-0.2, -0.15) is 0 Å². The molecule has 1 heteroatoms. The van der Waals surface area contributed by atoms with Crippen LogP contribution in [0.3, 0.4) is 0 Å². The topological polar surface area (TPSA) is 0 Å². The molecule has 1 aromatic carbocycles. The molecule has 0 radical (unpaired) electrons. The molecule has 0 N–H and O–H groups in total. The summed E-state index contributed by atoms with van der Waals surface area (Å²) in [7, 11) is 0. The first-order valence-corrected chi connectivity index (χ1v) is 4.24. The van der Waals surface area contributed by atoms with E-state index in [0.717, 1.165) is 11.5 Å². The fourth-order valence-corrected chi connectivity index (χ4v) is 0.533. The first-order valence-electron chi connectivity index (χ1n) is 4.24. The molecule has 0 aliphatic heterocycles. The Kier molecular flexibility index (Phi) is 5.35. The lowest BCUT2D eigenvalue weighted by Gasteiger charge is -1.87. The van der Waals surface area contributed by atoms with E-state index in [9.17, 15) is 4.39 Å². The van der Waals surface area contributed by atoms with Crippen molar-refractivity contribution in [3.8, 4) is 0 Å². The molecular weight excluding hydrogens is 151 g/mol. The van der Waals surface area contributed by atoms with Crippen molar-refractivity contribution >= 4 is 0 Å². The summed E-state index contributed by atoms with van der Waals surface area (Å²) in [5, 5.41) is 0. The van der Waals surface area contributed by atoms with Crippen molar-refractivity contribution in [2.24, 2.45) is 5.92 Å². The number of hydrogen-bond donors (Lipinski definition) is 0. The summed E-state index contributed by atoms with van der Waals surface area (Å²) >= 11 is 0. The first-order chi connectivity index (χ1) is 5.52. The van der Waals surface area contributed by atoms with Crippen LogP contribution >= 0.6 is 0 Å². The molecule has 68 valence electrons. The van der Waals surface area contributed by atoms with Gasteiger partial charge in [-0.1, -0.05) is 38.5 Å². The van der Waals surface area contributed by atoms with Crippen LogP contribution in [0.25, 0.3) is 0 Å².